The number of nitrogens with one attached hydrogen (secondary N) is 2. The van der Waals surface area contributed by atoms with E-state index in [1.807, 2.05) is 6.92 Å². The number of hydrogen-bond acceptors (Lipinski definition) is 3. The molecule has 5 nitrogen and oxygen atoms in total. The summed E-state index contributed by atoms with van der Waals surface area (Å²) in [7, 11) is 0. The van der Waals surface area contributed by atoms with E-state index in [4.69, 9.17) is 5.73 Å². The summed E-state index contributed by atoms with van der Waals surface area (Å²) in [6.45, 7) is 3.73. The summed E-state index contributed by atoms with van der Waals surface area (Å²) in [6, 6.07) is 7.26. The maximum atomic E-state index is 12.3. The minimum Gasteiger partial charge on any atom is -0.349 e. The van der Waals surface area contributed by atoms with Crippen LogP contribution in [0.2, 0.25) is 0 Å². The van der Waals surface area contributed by atoms with E-state index in [-0.39, 0.29) is 30.3 Å². The van der Waals surface area contributed by atoms with Crippen molar-refractivity contribution in [2.75, 3.05) is 5.32 Å². The van der Waals surface area contributed by atoms with E-state index in [1.54, 1.807) is 31.2 Å². The molecular weight excluding hydrogens is 338 g/mol. The number of nitrogens with two attached hydrogens (primary N) is 1. The van der Waals surface area contributed by atoms with Crippen molar-refractivity contribution in [2.24, 2.45) is 5.73 Å². The molecule has 0 aliphatic heterocycles. The van der Waals surface area contributed by atoms with Crippen molar-refractivity contribution in [3.63, 3.8) is 0 Å². The quantitative estimate of drug-likeness (QED) is 0.717. The average molecular weight is 368 g/mol. The van der Waals surface area contributed by atoms with Crippen molar-refractivity contribution >= 4 is 29.9 Å². The number of amides is 2. The Bertz CT molecular complexity index is 567. The van der Waals surface area contributed by atoms with Gasteiger partial charge >= 0.3 is 0 Å². The molecule has 1 saturated carbocycles. The minimum absolute atomic E-state index is 0. The number of anilines is 1. The van der Waals surface area contributed by atoms with Crippen LogP contribution >= 0.6 is 12.4 Å². The van der Waals surface area contributed by atoms with Gasteiger partial charge in [0.05, 0.1) is 5.54 Å². The van der Waals surface area contributed by atoms with Crippen LogP contribution in [0.15, 0.2) is 24.3 Å². The summed E-state index contributed by atoms with van der Waals surface area (Å²) >= 11 is 0. The van der Waals surface area contributed by atoms with Crippen LogP contribution in [0.25, 0.3) is 0 Å². The lowest BCUT2D eigenvalue weighted by atomic mass is 9.95. The van der Waals surface area contributed by atoms with E-state index in [1.165, 1.54) is 19.3 Å². The SMILES string of the molecule is CCCC(C)(N)C(=O)Nc1ccc(C(=O)NC2CCCCC2)cc1.Cl. The topological polar surface area (TPSA) is 84.2 Å². The minimum atomic E-state index is -0.883. The summed E-state index contributed by atoms with van der Waals surface area (Å²) in [5.41, 5.74) is 6.41. The summed E-state index contributed by atoms with van der Waals surface area (Å²) in [5, 5.41) is 5.91. The predicted molar refractivity (Wildman–Crippen MR) is 104 cm³/mol. The lowest BCUT2D eigenvalue weighted by Crippen LogP contribution is -2.48. The first kappa shape index (κ1) is 21.5. The Morgan fingerprint density at radius 3 is 2.32 bits per heavy atom. The Hall–Kier alpha value is -1.59. The van der Waals surface area contributed by atoms with Gasteiger partial charge in [0.1, 0.15) is 0 Å². The summed E-state index contributed by atoms with van der Waals surface area (Å²) in [6.07, 6.45) is 7.23. The van der Waals surface area contributed by atoms with Gasteiger partial charge in [0, 0.05) is 17.3 Å². The molecule has 1 aromatic carbocycles. The maximum Gasteiger partial charge on any atom is 0.251 e. The highest BCUT2D eigenvalue weighted by molar-refractivity contribution is 5.98. The molecule has 0 heterocycles. The first-order chi connectivity index (χ1) is 11.4. The van der Waals surface area contributed by atoms with Crippen LogP contribution in [0, 0.1) is 0 Å². The number of benzene rings is 1. The average Bonchev–Trinajstić information content (AvgIpc) is 2.56. The lowest BCUT2D eigenvalue weighted by Gasteiger charge is -2.23. The molecule has 1 unspecified atom stereocenters. The van der Waals surface area contributed by atoms with Crippen LogP contribution in [0.4, 0.5) is 5.69 Å². The van der Waals surface area contributed by atoms with Crippen LogP contribution in [-0.2, 0) is 4.79 Å². The van der Waals surface area contributed by atoms with E-state index < -0.39 is 5.54 Å². The van der Waals surface area contributed by atoms with Crippen molar-refractivity contribution in [3.8, 4) is 0 Å². The fourth-order valence-corrected chi connectivity index (χ4v) is 3.13. The van der Waals surface area contributed by atoms with Crippen LogP contribution in [0.5, 0.6) is 0 Å². The molecule has 0 aromatic heterocycles. The Morgan fingerprint density at radius 2 is 1.76 bits per heavy atom. The highest BCUT2D eigenvalue weighted by atomic mass is 35.5. The molecule has 0 spiro atoms. The molecule has 0 bridgehead atoms. The van der Waals surface area contributed by atoms with E-state index >= 15 is 0 Å². The van der Waals surface area contributed by atoms with Gasteiger partial charge in [-0.1, -0.05) is 32.6 Å². The zero-order valence-corrected chi connectivity index (χ0v) is 16.0. The number of rotatable bonds is 6. The molecule has 0 radical (unpaired) electrons. The zero-order chi connectivity index (χ0) is 17.6. The summed E-state index contributed by atoms with van der Waals surface area (Å²) in [4.78, 5) is 24.5. The van der Waals surface area contributed by atoms with Crippen molar-refractivity contribution in [1.29, 1.82) is 0 Å². The van der Waals surface area contributed by atoms with Crippen LogP contribution < -0.4 is 16.4 Å². The summed E-state index contributed by atoms with van der Waals surface area (Å²) in [5.74, 6) is -0.252. The molecule has 1 aromatic rings. The van der Waals surface area contributed by atoms with Gasteiger partial charge in [0.25, 0.3) is 5.91 Å². The second-order valence-electron chi connectivity index (χ2n) is 7.01. The van der Waals surface area contributed by atoms with E-state index in [2.05, 4.69) is 10.6 Å². The van der Waals surface area contributed by atoms with Crippen molar-refractivity contribution in [1.82, 2.24) is 5.32 Å². The Kier molecular flexibility index (Phi) is 8.39. The molecule has 1 atom stereocenters. The third-order valence-corrected chi connectivity index (χ3v) is 4.63. The van der Waals surface area contributed by atoms with Gasteiger partial charge in [0.2, 0.25) is 5.91 Å². The normalized spacial score (nSPS) is 17.1. The first-order valence-electron chi connectivity index (χ1n) is 8.93. The van der Waals surface area contributed by atoms with Crippen LogP contribution in [0.3, 0.4) is 0 Å². The predicted octanol–water partition coefficient (Wildman–Crippen LogP) is 3.63. The monoisotopic (exact) mass is 367 g/mol. The smallest absolute Gasteiger partial charge is 0.251 e. The molecule has 6 heteroatoms. The van der Waals surface area contributed by atoms with Crippen molar-refractivity contribution in [3.05, 3.63) is 29.8 Å². The molecule has 1 aliphatic carbocycles. The van der Waals surface area contributed by atoms with Gasteiger partial charge in [-0.15, -0.1) is 12.4 Å². The van der Waals surface area contributed by atoms with Crippen molar-refractivity contribution < 1.29 is 9.59 Å². The number of halogens is 1. The first-order valence-corrected chi connectivity index (χ1v) is 8.93. The molecule has 1 aliphatic rings. The molecule has 2 amide bonds. The Morgan fingerprint density at radius 1 is 1.16 bits per heavy atom. The molecule has 25 heavy (non-hydrogen) atoms. The van der Waals surface area contributed by atoms with Crippen LogP contribution in [0.1, 0.15) is 69.2 Å². The Labute approximate surface area is 156 Å². The molecule has 1 fully saturated rings. The Balaban J connectivity index is 0.00000312. The number of carbonyl (C=O) groups excluding carboxylic acids is 2. The fraction of sp³-hybridized carbons (Fsp3) is 0.579. The van der Waals surface area contributed by atoms with Gasteiger partial charge in [-0.25, -0.2) is 0 Å². The number of hydrogen-bond donors (Lipinski definition) is 3. The van der Waals surface area contributed by atoms with E-state index in [0.29, 0.717) is 17.7 Å². The van der Waals surface area contributed by atoms with Gasteiger partial charge in [-0.05, 0) is 50.5 Å². The highest BCUT2D eigenvalue weighted by Gasteiger charge is 2.27. The molecule has 2 rings (SSSR count). The lowest BCUT2D eigenvalue weighted by molar-refractivity contribution is -0.120. The third-order valence-electron chi connectivity index (χ3n) is 4.63. The molecule has 0 saturated heterocycles. The molecule has 140 valence electrons. The van der Waals surface area contributed by atoms with Gasteiger partial charge in [-0.2, -0.15) is 0 Å². The van der Waals surface area contributed by atoms with Gasteiger partial charge in [-0.3, -0.25) is 9.59 Å². The number of carbonyl (C=O) groups is 2. The molecule has 4 N–H and O–H groups in total. The standard InChI is InChI=1S/C19H29N3O2.ClH/c1-3-13-19(2,20)18(24)22-16-11-9-14(10-12-16)17(23)21-15-7-5-4-6-8-15;/h9-12,15H,3-8,13,20H2,1-2H3,(H,21,23)(H,22,24);1H. The zero-order valence-electron chi connectivity index (χ0n) is 15.1. The van der Waals surface area contributed by atoms with Crippen LogP contribution in [-0.4, -0.2) is 23.4 Å². The third kappa shape index (κ3) is 6.33. The fourth-order valence-electron chi connectivity index (χ4n) is 3.13. The largest absolute Gasteiger partial charge is 0.349 e. The highest BCUT2D eigenvalue weighted by Crippen LogP contribution is 2.19. The summed E-state index contributed by atoms with van der Waals surface area (Å²) < 4.78 is 0. The second-order valence-corrected chi connectivity index (χ2v) is 7.01. The van der Waals surface area contributed by atoms with E-state index in [0.717, 1.165) is 19.3 Å². The van der Waals surface area contributed by atoms with Gasteiger partial charge < -0.3 is 16.4 Å². The maximum absolute atomic E-state index is 12.3. The van der Waals surface area contributed by atoms with Crippen molar-refractivity contribution in [2.45, 2.75) is 70.4 Å². The van der Waals surface area contributed by atoms with Gasteiger partial charge in [0.15, 0.2) is 0 Å². The molecular formula is C19H30ClN3O2. The van der Waals surface area contributed by atoms with E-state index in [9.17, 15) is 9.59 Å². The second kappa shape index (κ2) is 9.78.